The van der Waals surface area contributed by atoms with Crippen molar-refractivity contribution in [3.05, 3.63) is 22.6 Å². The molecule has 0 saturated carbocycles. The molecule has 1 unspecified atom stereocenters. The number of aromatic amines is 1. The number of aromatic nitrogens is 4. The zero-order chi connectivity index (χ0) is 13.7. The summed E-state index contributed by atoms with van der Waals surface area (Å²) in [6.45, 7) is 2.97. The Morgan fingerprint density at radius 2 is 2.32 bits per heavy atom. The number of nitrogens with zero attached hydrogens (tertiary/aromatic N) is 3. The van der Waals surface area contributed by atoms with Crippen molar-refractivity contribution in [2.24, 2.45) is 5.92 Å². The second kappa shape index (κ2) is 6.56. The number of alkyl halides is 1. The monoisotopic (exact) mass is 283 g/mol. The maximum atomic E-state index is 11.4. The van der Waals surface area contributed by atoms with E-state index in [4.69, 9.17) is 11.6 Å². The molecule has 0 aliphatic carbocycles. The van der Waals surface area contributed by atoms with Crippen molar-refractivity contribution in [2.75, 3.05) is 17.7 Å². The molecule has 1 atom stereocenters. The zero-order valence-corrected chi connectivity index (χ0v) is 11.7. The van der Waals surface area contributed by atoms with Crippen LogP contribution < -0.4 is 11.0 Å². The third-order valence-electron chi connectivity index (χ3n) is 3.06. The van der Waals surface area contributed by atoms with Gasteiger partial charge in [-0.1, -0.05) is 13.3 Å². The van der Waals surface area contributed by atoms with E-state index in [1.165, 1.54) is 4.52 Å². The minimum Gasteiger partial charge on any atom is -0.368 e. The molecule has 0 fully saturated rings. The van der Waals surface area contributed by atoms with Gasteiger partial charge in [-0.3, -0.25) is 0 Å². The first kappa shape index (κ1) is 13.9. The molecule has 0 spiro atoms. The molecule has 2 aromatic heterocycles. The van der Waals surface area contributed by atoms with Gasteiger partial charge in [0.15, 0.2) is 5.65 Å². The molecule has 0 saturated heterocycles. The van der Waals surface area contributed by atoms with Gasteiger partial charge in [0.25, 0.3) is 0 Å². The van der Waals surface area contributed by atoms with Gasteiger partial charge in [0, 0.05) is 12.4 Å². The average Bonchev–Trinajstić information content (AvgIpc) is 2.78. The Hall–Kier alpha value is -1.56. The summed E-state index contributed by atoms with van der Waals surface area (Å²) in [5.41, 5.74) is 0.186. The molecule has 0 aliphatic heterocycles. The number of hydrogen-bond donors (Lipinski definition) is 2. The summed E-state index contributed by atoms with van der Waals surface area (Å²) in [5, 5.41) is 13.6. The number of rotatable bonds is 7. The summed E-state index contributed by atoms with van der Waals surface area (Å²) >= 11 is 5.80. The van der Waals surface area contributed by atoms with Gasteiger partial charge in [0.05, 0.1) is 0 Å². The van der Waals surface area contributed by atoms with E-state index >= 15 is 0 Å². The smallest absolute Gasteiger partial charge is 0.364 e. The fraction of sp³-hybridized carbons (Fsp3) is 0.583. The van der Waals surface area contributed by atoms with E-state index < -0.39 is 0 Å². The first-order valence-electron chi connectivity index (χ1n) is 6.49. The molecule has 104 valence electrons. The van der Waals surface area contributed by atoms with Crippen LogP contribution in [0, 0.1) is 5.92 Å². The lowest BCUT2D eigenvalue weighted by Gasteiger charge is -2.15. The fourth-order valence-electron chi connectivity index (χ4n) is 2.06. The summed E-state index contributed by atoms with van der Waals surface area (Å²) in [6, 6.07) is 3.57. The van der Waals surface area contributed by atoms with Crippen molar-refractivity contribution in [2.45, 2.75) is 26.2 Å². The highest BCUT2D eigenvalue weighted by molar-refractivity contribution is 6.17. The van der Waals surface area contributed by atoms with E-state index in [2.05, 4.69) is 27.5 Å². The van der Waals surface area contributed by atoms with Crippen LogP contribution >= 0.6 is 11.6 Å². The third-order valence-corrected chi connectivity index (χ3v) is 3.28. The molecule has 0 aromatic carbocycles. The Kier molecular flexibility index (Phi) is 4.79. The van der Waals surface area contributed by atoms with Crippen molar-refractivity contribution >= 4 is 23.1 Å². The summed E-state index contributed by atoms with van der Waals surface area (Å²) in [4.78, 5) is 11.4. The normalized spacial score (nSPS) is 12.7. The Labute approximate surface area is 116 Å². The van der Waals surface area contributed by atoms with Crippen LogP contribution in [0.25, 0.3) is 5.65 Å². The highest BCUT2D eigenvalue weighted by Crippen LogP contribution is 2.13. The Balaban J connectivity index is 2.03. The van der Waals surface area contributed by atoms with Crippen LogP contribution in [0.2, 0.25) is 0 Å². The molecule has 2 aromatic rings. The van der Waals surface area contributed by atoms with Gasteiger partial charge in [-0.05, 0) is 30.9 Å². The highest BCUT2D eigenvalue weighted by atomic mass is 35.5. The van der Waals surface area contributed by atoms with Crippen LogP contribution in [0.1, 0.15) is 26.2 Å². The molecule has 2 heterocycles. The van der Waals surface area contributed by atoms with E-state index in [-0.39, 0.29) is 5.69 Å². The molecular formula is C12H18ClN5O. The minimum atomic E-state index is -0.329. The van der Waals surface area contributed by atoms with Crippen molar-refractivity contribution in [3.63, 3.8) is 0 Å². The zero-order valence-electron chi connectivity index (χ0n) is 10.9. The molecule has 0 aliphatic rings. The summed E-state index contributed by atoms with van der Waals surface area (Å²) in [7, 11) is 0. The van der Waals surface area contributed by atoms with E-state index in [0.717, 1.165) is 25.8 Å². The van der Waals surface area contributed by atoms with Crippen LogP contribution in [0.4, 0.5) is 5.82 Å². The highest BCUT2D eigenvalue weighted by Gasteiger charge is 2.08. The van der Waals surface area contributed by atoms with Gasteiger partial charge >= 0.3 is 5.69 Å². The van der Waals surface area contributed by atoms with E-state index in [0.29, 0.717) is 23.3 Å². The maximum Gasteiger partial charge on any atom is 0.364 e. The minimum absolute atomic E-state index is 0.329. The predicted octanol–water partition coefficient (Wildman–Crippen LogP) is 1.87. The molecule has 2 rings (SSSR count). The van der Waals surface area contributed by atoms with Gasteiger partial charge in [0.1, 0.15) is 5.82 Å². The van der Waals surface area contributed by atoms with Crippen LogP contribution in [-0.4, -0.2) is 32.2 Å². The molecule has 2 N–H and O–H groups in total. The second-order valence-electron chi connectivity index (χ2n) is 4.53. The van der Waals surface area contributed by atoms with Crippen molar-refractivity contribution < 1.29 is 0 Å². The number of nitrogens with one attached hydrogen (secondary N) is 2. The molecular weight excluding hydrogens is 266 g/mol. The molecule has 0 radical (unpaired) electrons. The lowest BCUT2D eigenvalue weighted by Crippen LogP contribution is -2.18. The molecule has 6 nitrogen and oxygen atoms in total. The lowest BCUT2D eigenvalue weighted by molar-refractivity contribution is 0.489. The van der Waals surface area contributed by atoms with Gasteiger partial charge < -0.3 is 5.32 Å². The largest absolute Gasteiger partial charge is 0.368 e. The average molecular weight is 284 g/mol. The summed E-state index contributed by atoms with van der Waals surface area (Å²) in [5.74, 6) is 1.87. The first-order valence-corrected chi connectivity index (χ1v) is 7.02. The number of hydrogen-bond acceptors (Lipinski definition) is 4. The Morgan fingerprint density at radius 3 is 3.05 bits per heavy atom. The first-order chi connectivity index (χ1) is 9.24. The van der Waals surface area contributed by atoms with Crippen LogP contribution in [0.3, 0.4) is 0 Å². The molecule has 7 heteroatoms. The Bertz CT molecular complexity index is 573. The van der Waals surface area contributed by atoms with Crippen LogP contribution in [0.15, 0.2) is 16.9 Å². The number of H-pyrrole nitrogens is 1. The number of halogens is 1. The fourth-order valence-corrected chi connectivity index (χ4v) is 2.37. The van der Waals surface area contributed by atoms with E-state index in [9.17, 15) is 4.79 Å². The summed E-state index contributed by atoms with van der Waals surface area (Å²) in [6.07, 6.45) is 3.25. The third kappa shape index (κ3) is 3.47. The quantitative estimate of drug-likeness (QED) is 0.761. The Morgan fingerprint density at radius 1 is 1.47 bits per heavy atom. The molecule has 0 amide bonds. The number of fused-ring (bicyclic) bond motifs is 1. The van der Waals surface area contributed by atoms with Crippen LogP contribution in [0.5, 0.6) is 0 Å². The van der Waals surface area contributed by atoms with Gasteiger partial charge in [0.2, 0.25) is 0 Å². The van der Waals surface area contributed by atoms with E-state index in [1.807, 2.05) is 6.07 Å². The second-order valence-corrected chi connectivity index (χ2v) is 4.91. The topological polar surface area (TPSA) is 75.1 Å². The molecule has 19 heavy (non-hydrogen) atoms. The van der Waals surface area contributed by atoms with Gasteiger partial charge in [-0.15, -0.1) is 16.7 Å². The summed E-state index contributed by atoms with van der Waals surface area (Å²) < 4.78 is 1.25. The number of anilines is 1. The van der Waals surface area contributed by atoms with Gasteiger partial charge in [-0.25, -0.2) is 9.89 Å². The van der Waals surface area contributed by atoms with Crippen molar-refractivity contribution in [1.29, 1.82) is 0 Å². The van der Waals surface area contributed by atoms with Crippen molar-refractivity contribution in [1.82, 2.24) is 19.8 Å². The maximum absolute atomic E-state index is 11.4. The van der Waals surface area contributed by atoms with E-state index in [1.54, 1.807) is 6.07 Å². The SMILES string of the molecule is CCCC(CCCl)CNc1ccc2n[nH]c(=O)n2n1. The standard InChI is InChI=1S/C12H18ClN5O/c1-2-3-9(6-7-13)8-14-10-4-5-11-15-16-12(19)18(11)17-10/h4-5,9H,2-3,6-8H2,1H3,(H,14,17)(H,16,19). The van der Waals surface area contributed by atoms with Crippen molar-refractivity contribution in [3.8, 4) is 0 Å². The van der Waals surface area contributed by atoms with Crippen LogP contribution in [-0.2, 0) is 0 Å². The predicted molar refractivity (Wildman–Crippen MR) is 75.8 cm³/mol. The van der Waals surface area contributed by atoms with Gasteiger partial charge in [-0.2, -0.15) is 9.61 Å². The molecule has 0 bridgehead atoms. The lowest BCUT2D eigenvalue weighted by atomic mass is 10.0.